The summed E-state index contributed by atoms with van der Waals surface area (Å²) >= 11 is 3.52. The molecular weight excluding hydrogens is 306 g/mol. The van der Waals surface area contributed by atoms with E-state index in [1.54, 1.807) is 6.33 Å². The number of anilines is 1. The Morgan fingerprint density at radius 1 is 1.47 bits per heavy atom. The van der Waals surface area contributed by atoms with Crippen LogP contribution in [-0.4, -0.2) is 37.5 Å². The molecule has 0 N–H and O–H groups in total. The first-order valence-corrected chi connectivity index (χ1v) is 7.92. The van der Waals surface area contributed by atoms with Crippen LogP contribution < -0.4 is 4.90 Å². The highest BCUT2D eigenvalue weighted by Crippen LogP contribution is 2.30. The van der Waals surface area contributed by atoms with Crippen molar-refractivity contribution in [2.45, 2.75) is 38.6 Å². The van der Waals surface area contributed by atoms with Crippen LogP contribution in [0.5, 0.6) is 0 Å². The van der Waals surface area contributed by atoms with E-state index in [1.807, 2.05) is 11.4 Å². The second-order valence-corrected chi connectivity index (χ2v) is 5.84. The first-order valence-electron chi connectivity index (χ1n) is 6.79. The van der Waals surface area contributed by atoms with Crippen molar-refractivity contribution in [3.63, 3.8) is 0 Å². The maximum Gasteiger partial charge on any atom is 0.254 e. The molecule has 19 heavy (non-hydrogen) atoms. The van der Waals surface area contributed by atoms with Gasteiger partial charge in [-0.2, -0.15) is 14.6 Å². The van der Waals surface area contributed by atoms with Gasteiger partial charge in [-0.05, 0) is 32.6 Å². The average molecular weight is 324 g/mol. The Bertz CT molecular complexity index is 563. The van der Waals surface area contributed by atoms with E-state index in [-0.39, 0.29) is 0 Å². The molecule has 0 radical (unpaired) electrons. The van der Waals surface area contributed by atoms with E-state index in [0.29, 0.717) is 11.8 Å². The molecule has 0 unspecified atom stereocenters. The lowest BCUT2D eigenvalue weighted by Gasteiger charge is -2.39. The summed E-state index contributed by atoms with van der Waals surface area (Å²) in [5, 5.41) is 5.35. The number of aryl methyl sites for hydroxylation is 1. The Morgan fingerprint density at radius 3 is 3.00 bits per heavy atom. The van der Waals surface area contributed by atoms with Crippen molar-refractivity contribution in [2.75, 3.05) is 16.8 Å². The van der Waals surface area contributed by atoms with Crippen LogP contribution in [0, 0.1) is 6.92 Å². The molecule has 0 aromatic carbocycles. The Morgan fingerprint density at radius 2 is 2.32 bits per heavy atom. The maximum absolute atomic E-state index is 4.42. The van der Waals surface area contributed by atoms with Gasteiger partial charge < -0.3 is 4.90 Å². The fraction of sp³-hybridized carbons (Fsp3) is 0.615. The van der Waals surface area contributed by atoms with Gasteiger partial charge in [0, 0.05) is 29.7 Å². The predicted molar refractivity (Wildman–Crippen MR) is 78.9 cm³/mol. The third-order valence-corrected chi connectivity index (χ3v) is 4.26. The summed E-state index contributed by atoms with van der Waals surface area (Å²) in [5.74, 6) is 1.82. The minimum Gasteiger partial charge on any atom is -0.353 e. The van der Waals surface area contributed by atoms with Crippen molar-refractivity contribution in [2.24, 2.45) is 0 Å². The van der Waals surface area contributed by atoms with E-state index < -0.39 is 0 Å². The summed E-state index contributed by atoms with van der Waals surface area (Å²) in [6.45, 7) is 3.07. The van der Waals surface area contributed by atoms with Gasteiger partial charge in [-0.1, -0.05) is 15.9 Å². The van der Waals surface area contributed by atoms with E-state index in [2.05, 4.69) is 42.0 Å². The van der Waals surface area contributed by atoms with E-state index in [0.717, 1.165) is 29.8 Å². The highest BCUT2D eigenvalue weighted by Gasteiger charge is 2.27. The Hall–Kier alpha value is -1.17. The Kier molecular flexibility index (Phi) is 3.68. The van der Waals surface area contributed by atoms with Crippen LogP contribution >= 0.6 is 15.9 Å². The molecule has 5 nitrogen and oxygen atoms in total. The topological polar surface area (TPSA) is 46.3 Å². The van der Waals surface area contributed by atoms with Crippen LogP contribution in [0.25, 0.3) is 5.78 Å². The molecule has 0 spiro atoms. The molecule has 0 amide bonds. The Labute approximate surface area is 121 Å². The fourth-order valence-corrected chi connectivity index (χ4v) is 2.78. The minimum absolute atomic E-state index is 0.647. The van der Waals surface area contributed by atoms with Gasteiger partial charge in [-0.3, -0.25) is 0 Å². The number of hydrogen-bond acceptors (Lipinski definition) is 4. The minimum atomic E-state index is 0.647. The molecule has 1 aliphatic rings. The summed E-state index contributed by atoms with van der Waals surface area (Å²) in [7, 11) is 0. The second-order valence-electron chi connectivity index (χ2n) is 5.05. The SMILES string of the molecule is Cc1cc(N(CCCBr)C2CCC2)n2ncnc2n1. The summed E-state index contributed by atoms with van der Waals surface area (Å²) in [6, 6.07) is 2.77. The standard InChI is InChI=1S/C13H18BrN5/c1-10-8-12(19-13(17-10)15-9-16-19)18(7-3-6-14)11-4-2-5-11/h8-9,11H,2-7H2,1H3. The van der Waals surface area contributed by atoms with E-state index in [4.69, 9.17) is 0 Å². The highest BCUT2D eigenvalue weighted by atomic mass is 79.9. The lowest BCUT2D eigenvalue weighted by molar-refractivity contribution is 0.382. The molecular formula is C13H18BrN5. The van der Waals surface area contributed by atoms with E-state index in [9.17, 15) is 0 Å². The summed E-state index contributed by atoms with van der Waals surface area (Å²) < 4.78 is 1.86. The molecule has 102 valence electrons. The van der Waals surface area contributed by atoms with Crippen molar-refractivity contribution in [3.05, 3.63) is 18.1 Å². The van der Waals surface area contributed by atoms with Gasteiger partial charge in [0.1, 0.15) is 12.1 Å². The number of nitrogens with zero attached hydrogens (tertiary/aromatic N) is 5. The van der Waals surface area contributed by atoms with E-state index >= 15 is 0 Å². The predicted octanol–water partition coefficient (Wildman–Crippen LogP) is 2.58. The van der Waals surface area contributed by atoms with Crippen molar-refractivity contribution in [1.82, 2.24) is 19.6 Å². The van der Waals surface area contributed by atoms with Crippen molar-refractivity contribution in [3.8, 4) is 0 Å². The number of rotatable bonds is 5. The third kappa shape index (κ3) is 2.45. The molecule has 2 heterocycles. The fourth-order valence-electron chi connectivity index (χ4n) is 2.53. The molecule has 6 heteroatoms. The molecule has 0 saturated heterocycles. The lowest BCUT2D eigenvalue weighted by Crippen LogP contribution is -2.42. The van der Waals surface area contributed by atoms with Gasteiger partial charge in [-0.25, -0.2) is 4.98 Å². The second kappa shape index (κ2) is 5.45. The van der Waals surface area contributed by atoms with Crippen LogP contribution in [0.15, 0.2) is 12.4 Å². The van der Waals surface area contributed by atoms with Crippen LogP contribution in [0.3, 0.4) is 0 Å². The molecule has 1 aliphatic carbocycles. The molecule has 0 bridgehead atoms. The first kappa shape index (κ1) is 12.8. The van der Waals surface area contributed by atoms with E-state index in [1.165, 1.54) is 19.3 Å². The molecule has 0 aliphatic heterocycles. The van der Waals surface area contributed by atoms with Gasteiger partial charge in [-0.15, -0.1) is 0 Å². The van der Waals surface area contributed by atoms with Gasteiger partial charge in [0.25, 0.3) is 5.78 Å². The average Bonchev–Trinajstić information content (AvgIpc) is 2.78. The lowest BCUT2D eigenvalue weighted by atomic mass is 9.91. The zero-order valence-electron chi connectivity index (χ0n) is 11.1. The highest BCUT2D eigenvalue weighted by molar-refractivity contribution is 9.09. The van der Waals surface area contributed by atoms with Crippen LogP contribution in [-0.2, 0) is 0 Å². The van der Waals surface area contributed by atoms with Crippen LogP contribution in [0.4, 0.5) is 5.82 Å². The van der Waals surface area contributed by atoms with Crippen LogP contribution in [0.2, 0.25) is 0 Å². The summed E-state index contributed by atoms with van der Waals surface area (Å²) in [6.07, 6.45) is 6.60. The normalized spacial score (nSPS) is 15.7. The third-order valence-electron chi connectivity index (χ3n) is 3.70. The first-order chi connectivity index (χ1) is 9.29. The van der Waals surface area contributed by atoms with Gasteiger partial charge >= 0.3 is 0 Å². The van der Waals surface area contributed by atoms with Gasteiger partial charge in [0.2, 0.25) is 0 Å². The summed E-state index contributed by atoms with van der Waals surface area (Å²) in [4.78, 5) is 11.1. The van der Waals surface area contributed by atoms with Crippen molar-refractivity contribution in [1.29, 1.82) is 0 Å². The molecule has 2 aromatic rings. The Balaban J connectivity index is 2.00. The van der Waals surface area contributed by atoms with Crippen molar-refractivity contribution >= 4 is 27.5 Å². The number of fused-ring (bicyclic) bond motifs is 1. The zero-order valence-corrected chi connectivity index (χ0v) is 12.7. The number of hydrogen-bond donors (Lipinski definition) is 0. The molecule has 2 aromatic heterocycles. The van der Waals surface area contributed by atoms with Crippen molar-refractivity contribution < 1.29 is 0 Å². The largest absolute Gasteiger partial charge is 0.353 e. The quantitative estimate of drug-likeness (QED) is 0.793. The number of halogens is 1. The smallest absolute Gasteiger partial charge is 0.254 e. The molecule has 1 saturated carbocycles. The number of aromatic nitrogens is 4. The monoisotopic (exact) mass is 323 g/mol. The molecule has 0 atom stereocenters. The zero-order chi connectivity index (χ0) is 13.2. The molecule has 1 fully saturated rings. The number of alkyl halides is 1. The molecule has 3 rings (SSSR count). The van der Waals surface area contributed by atoms with Gasteiger partial charge in [0.15, 0.2) is 0 Å². The summed E-state index contributed by atoms with van der Waals surface area (Å²) in [5.41, 5.74) is 0.999. The van der Waals surface area contributed by atoms with Gasteiger partial charge in [0.05, 0.1) is 0 Å². The van der Waals surface area contributed by atoms with Crippen LogP contribution in [0.1, 0.15) is 31.4 Å². The maximum atomic E-state index is 4.42.